The summed E-state index contributed by atoms with van der Waals surface area (Å²) in [5.74, 6) is 0.216. The number of aromatic nitrogens is 2. The number of nitrogens with zero attached hydrogens (tertiary/aromatic N) is 3. The Labute approximate surface area is 130 Å². The summed E-state index contributed by atoms with van der Waals surface area (Å²) in [6.45, 7) is 4.18. The Kier molecular flexibility index (Phi) is 5.13. The average Bonchev–Trinajstić information content (AvgIpc) is 3.05. The van der Waals surface area contributed by atoms with Crippen molar-refractivity contribution in [2.24, 2.45) is 0 Å². The van der Waals surface area contributed by atoms with Crippen LogP contribution in [0.1, 0.15) is 26.2 Å². The van der Waals surface area contributed by atoms with Gasteiger partial charge in [0, 0.05) is 6.04 Å². The average molecular weight is 358 g/mol. The Morgan fingerprint density at radius 3 is 2.76 bits per heavy atom. The maximum Gasteiger partial charge on any atom is 0.317 e. The first kappa shape index (κ1) is 15.7. The molecule has 2 heterocycles. The molecular formula is C13H16BrN3O4. The Hall–Kier alpha value is -1.67. The molecule has 0 amide bonds. The van der Waals surface area contributed by atoms with Gasteiger partial charge in [0.05, 0.1) is 13.1 Å². The number of halogens is 1. The van der Waals surface area contributed by atoms with Crippen LogP contribution in [0.3, 0.4) is 0 Å². The molecule has 1 atom stereocenters. The fraction of sp³-hybridized carbons (Fsp3) is 0.462. The minimum absolute atomic E-state index is 0.0704. The van der Waals surface area contributed by atoms with Gasteiger partial charge in [0.25, 0.3) is 5.89 Å². The molecule has 0 aromatic carbocycles. The largest absolute Gasteiger partial charge is 0.480 e. The summed E-state index contributed by atoms with van der Waals surface area (Å²) in [6.07, 6.45) is 0.833. The molecule has 1 unspecified atom stereocenters. The van der Waals surface area contributed by atoms with Gasteiger partial charge in [-0.15, -0.1) is 10.2 Å². The van der Waals surface area contributed by atoms with Gasteiger partial charge in [-0.1, -0.05) is 6.92 Å². The Morgan fingerprint density at radius 2 is 2.19 bits per heavy atom. The topological polar surface area (TPSA) is 92.6 Å². The summed E-state index contributed by atoms with van der Waals surface area (Å²) >= 11 is 3.20. The molecule has 0 bridgehead atoms. The molecule has 0 aliphatic heterocycles. The van der Waals surface area contributed by atoms with E-state index >= 15 is 0 Å². The number of aliphatic carboxylic acids is 1. The Morgan fingerprint density at radius 1 is 1.43 bits per heavy atom. The van der Waals surface area contributed by atoms with Crippen LogP contribution >= 0.6 is 15.9 Å². The van der Waals surface area contributed by atoms with Gasteiger partial charge in [-0.2, -0.15) is 0 Å². The second kappa shape index (κ2) is 6.86. The molecule has 21 heavy (non-hydrogen) atoms. The third kappa shape index (κ3) is 4.15. The van der Waals surface area contributed by atoms with Crippen LogP contribution < -0.4 is 0 Å². The van der Waals surface area contributed by atoms with Crippen LogP contribution in [0.2, 0.25) is 0 Å². The van der Waals surface area contributed by atoms with Crippen LogP contribution in [0.4, 0.5) is 0 Å². The lowest BCUT2D eigenvalue weighted by Gasteiger charge is -2.24. The predicted octanol–water partition coefficient (Wildman–Crippen LogP) is 2.78. The van der Waals surface area contributed by atoms with E-state index in [1.54, 1.807) is 17.0 Å². The summed E-state index contributed by atoms with van der Waals surface area (Å²) in [5, 5.41) is 16.8. The van der Waals surface area contributed by atoms with Crippen LogP contribution in [-0.2, 0) is 11.3 Å². The van der Waals surface area contributed by atoms with E-state index in [0.29, 0.717) is 16.3 Å². The van der Waals surface area contributed by atoms with Gasteiger partial charge in [0.15, 0.2) is 10.4 Å². The van der Waals surface area contributed by atoms with Gasteiger partial charge >= 0.3 is 5.97 Å². The summed E-state index contributed by atoms with van der Waals surface area (Å²) < 4.78 is 11.4. The highest BCUT2D eigenvalue weighted by molar-refractivity contribution is 9.10. The van der Waals surface area contributed by atoms with Crippen LogP contribution in [0.15, 0.2) is 25.6 Å². The SMILES string of the molecule is CCC(C)N(CC(=O)O)Cc1nnc(-c2ccc(Br)o2)o1. The molecule has 8 heteroatoms. The lowest BCUT2D eigenvalue weighted by molar-refractivity contribution is -0.139. The number of hydrogen-bond acceptors (Lipinski definition) is 6. The summed E-state index contributed by atoms with van der Waals surface area (Å²) in [5.41, 5.74) is 0. The smallest absolute Gasteiger partial charge is 0.317 e. The number of furan rings is 1. The monoisotopic (exact) mass is 357 g/mol. The third-order valence-corrected chi connectivity index (χ3v) is 3.57. The molecule has 2 aromatic heterocycles. The van der Waals surface area contributed by atoms with Gasteiger partial charge in [-0.05, 0) is 41.4 Å². The molecule has 0 spiro atoms. The van der Waals surface area contributed by atoms with E-state index in [4.69, 9.17) is 13.9 Å². The lowest BCUT2D eigenvalue weighted by atomic mass is 10.2. The molecule has 1 N–H and O–H groups in total. The van der Waals surface area contributed by atoms with E-state index in [-0.39, 0.29) is 25.0 Å². The Balaban J connectivity index is 2.10. The third-order valence-electron chi connectivity index (χ3n) is 3.14. The molecule has 0 aliphatic rings. The van der Waals surface area contributed by atoms with Crippen molar-refractivity contribution in [1.29, 1.82) is 0 Å². The summed E-state index contributed by atoms with van der Waals surface area (Å²) in [4.78, 5) is 12.7. The van der Waals surface area contributed by atoms with Gasteiger partial charge in [-0.25, -0.2) is 0 Å². The first-order valence-electron chi connectivity index (χ1n) is 6.53. The number of carbonyl (C=O) groups is 1. The summed E-state index contributed by atoms with van der Waals surface area (Å²) in [7, 11) is 0. The summed E-state index contributed by atoms with van der Waals surface area (Å²) in [6, 6.07) is 3.55. The van der Waals surface area contributed by atoms with Gasteiger partial charge in [-0.3, -0.25) is 9.69 Å². The van der Waals surface area contributed by atoms with E-state index in [9.17, 15) is 4.79 Å². The Bertz CT molecular complexity index is 610. The molecular weight excluding hydrogens is 342 g/mol. The quantitative estimate of drug-likeness (QED) is 0.813. The zero-order valence-corrected chi connectivity index (χ0v) is 13.3. The van der Waals surface area contributed by atoms with Gasteiger partial charge in [0.1, 0.15) is 0 Å². The number of carboxylic acids is 1. The van der Waals surface area contributed by atoms with Crippen molar-refractivity contribution >= 4 is 21.9 Å². The van der Waals surface area contributed by atoms with E-state index in [0.717, 1.165) is 6.42 Å². The van der Waals surface area contributed by atoms with Crippen LogP contribution in [0, 0.1) is 0 Å². The minimum Gasteiger partial charge on any atom is -0.480 e. The lowest BCUT2D eigenvalue weighted by Crippen LogP contribution is -2.36. The highest BCUT2D eigenvalue weighted by Crippen LogP contribution is 2.24. The predicted molar refractivity (Wildman–Crippen MR) is 77.5 cm³/mol. The van der Waals surface area contributed by atoms with Gasteiger partial charge in [0.2, 0.25) is 5.89 Å². The maximum absolute atomic E-state index is 10.9. The fourth-order valence-corrected chi connectivity index (χ4v) is 2.13. The molecule has 114 valence electrons. The van der Waals surface area contributed by atoms with Crippen molar-refractivity contribution in [2.75, 3.05) is 6.54 Å². The molecule has 2 rings (SSSR count). The minimum atomic E-state index is -0.884. The number of rotatable bonds is 7. The highest BCUT2D eigenvalue weighted by atomic mass is 79.9. The fourth-order valence-electron chi connectivity index (χ4n) is 1.82. The van der Waals surface area contributed by atoms with Gasteiger partial charge < -0.3 is 13.9 Å². The normalized spacial score (nSPS) is 12.8. The van der Waals surface area contributed by atoms with Crippen molar-refractivity contribution in [2.45, 2.75) is 32.9 Å². The van der Waals surface area contributed by atoms with Crippen molar-refractivity contribution in [3.63, 3.8) is 0 Å². The first-order chi connectivity index (χ1) is 9.99. The van der Waals surface area contributed by atoms with E-state index in [2.05, 4.69) is 26.1 Å². The zero-order chi connectivity index (χ0) is 15.4. The standard InChI is InChI=1S/C13H16BrN3O4/c1-3-8(2)17(7-12(18)19)6-11-15-16-13(21-11)9-4-5-10(14)20-9/h4-5,8H,3,6-7H2,1-2H3,(H,18,19). The van der Waals surface area contributed by atoms with Crippen LogP contribution in [0.5, 0.6) is 0 Å². The van der Waals surface area contributed by atoms with Crippen molar-refractivity contribution in [3.05, 3.63) is 22.7 Å². The van der Waals surface area contributed by atoms with Crippen LogP contribution in [-0.4, -0.2) is 38.8 Å². The second-order valence-corrected chi connectivity index (χ2v) is 5.44. The number of carboxylic acid groups (broad SMARTS) is 1. The maximum atomic E-state index is 10.9. The molecule has 0 aliphatic carbocycles. The first-order valence-corrected chi connectivity index (χ1v) is 7.32. The molecule has 0 fully saturated rings. The van der Waals surface area contributed by atoms with E-state index < -0.39 is 5.97 Å². The number of hydrogen-bond donors (Lipinski definition) is 1. The van der Waals surface area contributed by atoms with E-state index in [1.807, 2.05) is 13.8 Å². The second-order valence-electron chi connectivity index (χ2n) is 4.66. The van der Waals surface area contributed by atoms with Crippen LogP contribution in [0.25, 0.3) is 11.7 Å². The molecule has 0 saturated carbocycles. The zero-order valence-electron chi connectivity index (χ0n) is 11.7. The van der Waals surface area contributed by atoms with E-state index in [1.165, 1.54) is 0 Å². The van der Waals surface area contributed by atoms with Crippen molar-refractivity contribution < 1.29 is 18.7 Å². The van der Waals surface area contributed by atoms with Crippen molar-refractivity contribution in [1.82, 2.24) is 15.1 Å². The molecule has 7 nitrogen and oxygen atoms in total. The molecule has 2 aromatic rings. The highest BCUT2D eigenvalue weighted by Gasteiger charge is 2.20. The molecule has 0 saturated heterocycles. The van der Waals surface area contributed by atoms with Crippen molar-refractivity contribution in [3.8, 4) is 11.7 Å². The molecule has 0 radical (unpaired) electrons.